The van der Waals surface area contributed by atoms with Crippen molar-refractivity contribution >= 4 is 0 Å². The highest BCUT2D eigenvalue weighted by Gasteiger charge is 2.56. The largest absolute Gasteiger partial charge is 0.388 e. The molecule has 21 heavy (non-hydrogen) atoms. The molecule has 0 aliphatic heterocycles. The van der Waals surface area contributed by atoms with Gasteiger partial charge in [-0.05, 0) is 59.9 Å². The quantitative estimate of drug-likeness (QED) is 0.885. The van der Waals surface area contributed by atoms with Crippen molar-refractivity contribution in [3.05, 3.63) is 70.8 Å². The fraction of sp³-hybridized carbons (Fsp3) is 0.333. The zero-order valence-corrected chi connectivity index (χ0v) is 11.5. The third kappa shape index (κ3) is 1.99. The number of fused-ring (bicyclic) bond motifs is 3. The first kappa shape index (κ1) is 13.0. The molecule has 4 unspecified atom stereocenters. The first-order valence-electron chi connectivity index (χ1n) is 7.37. The normalized spacial score (nSPS) is 27.7. The van der Waals surface area contributed by atoms with Crippen LogP contribution in [0.25, 0.3) is 0 Å². The first-order chi connectivity index (χ1) is 10.2. The van der Waals surface area contributed by atoms with Crippen molar-refractivity contribution in [1.82, 2.24) is 0 Å². The van der Waals surface area contributed by atoms with E-state index in [4.69, 9.17) is 0 Å². The van der Waals surface area contributed by atoms with Crippen molar-refractivity contribution < 1.29 is 13.9 Å². The van der Waals surface area contributed by atoms with Gasteiger partial charge in [-0.15, -0.1) is 0 Å². The first-order valence-corrected chi connectivity index (χ1v) is 7.37. The number of aliphatic hydroxyl groups excluding tert-OH is 1. The van der Waals surface area contributed by atoms with Crippen molar-refractivity contribution in [3.63, 3.8) is 0 Å². The van der Waals surface area contributed by atoms with Gasteiger partial charge in [0.2, 0.25) is 0 Å². The second-order valence-electron chi connectivity index (χ2n) is 6.12. The van der Waals surface area contributed by atoms with Gasteiger partial charge in [0.25, 0.3) is 0 Å². The average molecular weight is 286 g/mol. The lowest BCUT2D eigenvalue weighted by Crippen LogP contribution is -2.05. The molecule has 2 aliphatic carbocycles. The highest BCUT2D eigenvalue weighted by atomic mass is 19.1. The molecule has 0 heterocycles. The number of hydrogen-bond donors (Lipinski definition) is 1. The maximum absolute atomic E-state index is 13.9. The molecule has 1 saturated carbocycles. The van der Waals surface area contributed by atoms with E-state index in [0.717, 1.165) is 31.0 Å². The van der Waals surface area contributed by atoms with Gasteiger partial charge >= 0.3 is 0 Å². The van der Waals surface area contributed by atoms with Gasteiger partial charge in [-0.2, -0.15) is 0 Å². The van der Waals surface area contributed by atoms with E-state index < -0.39 is 17.7 Å². The third-order valence-electron chi connectivity index (χ3n) is 5.03. The van der Waals surface area contributed by atoms with Crippen LogP contribution in [0.4, 0.5) is 8.78 Å². The summed E-state index contributed by atoms with van der Waals surface area (Å²) in [6, 6.07) is 11.5. The smallest absolute Gasteiger partial charge is 0.129 e. The van der Waals surface area contributed by atoms with Gasteiger partial charge < -0.3 is 5.11 Å². The monoisotopic (exact) mass is 286 g/mol. The lowest BCUT2D eigenvalue weighted by atomic mass is 9.92. The van der Waals surface area contributed by atoms with Crippen LogP contribution in [-0.2, 0) is 6.42 Å². The van der Waals surface area contributed by atoms with Crippen molar-refractivity contribution in [2.24, 2.45) is 11.8 Å². The SMILES string of the molecule is OC(c1cc(F)ccc1F)C1C2CCc3ccccc3C21. The number of aliphatic hydroxyl groups is 1. The molecule has 1 N–H and O–H groups in total. The van der Waals surface area contributed by atoms with Crippen molar-refractivity contribution in [2.45, 2.75) is 24.9 Å². The van der Waals surface area contributed by atoms with E-state index in [-0.39, 0.29) is 17.4 Å². The van der Waals surface area contributed by atoms with Gasteiger partial charge in [0.1, 0.15) is 11.6 Å². The molecular formula is C18H16F2O. The highest BCUT2D eigenvalue weighted by molar-refractivity contribution is 5.41. The summed E-state index contributed by atoms with van der Waals surface area (Å²) in [6.45, 7) is 0. The van der Waals surface area contributed by atoms with Gasteiger partial charge in [-0.25, -0.2) is 8.78 Å². The molecule has 0 saturated heterocycles. The predicted octanol–water partition coefficient (Wildman–Crippen LogP) is 3.97. The molecule has 4 rings (SSSR count). The second kappa shape index (κ2) is 4.63. The summed E-state index contributed by atoms with van der Waals surface area (Å²) in [4.78, 5) is 0. The Balaban J connectivity index is 1.66. The van der Waals surface area contributed by atoms with Crippen molar-refractivity contribution in [2.75, 3.05) is 0 Å². The van der Waals surface area contributed by atoms with Crippen LogP contribution in [0, 0.1) is 23.5 Å². The van der Waals surface area contributed by atoms with Crippen LogP contribution in [0.1, 0.15) is 35.1 Å². The van der Waals surface area contributed by atoms with E-state index >= 15 is 0 Å². The highest BCUT2D eigenvalue weighted by Crippen LogP contribution is 2.64. The summed E-state index contributed by atoms with van der Waals surface area (Å²) < 4.78 is 27.2. The fourth-order valence-electron chi connectivity index (χ4n) is 4.00. The lowest BCUT2D eigenvalue weighted by Gasteiger charge is -2.13. The molecule has 1 fully saturated rings. The van der Waals surface area contributed by atoms with E-state index in [1.807, 2.05) is 12.1 Å². The molecule has 0 spiro atoms. The van der Waals surface area contributed by atoms with Gasteiger partial charge in [0.15, 0.2) is 0 Å². The van der Waals surface area contributed by atoms with Gasteiger partial charge in [0, 0.05) is 5.56 Å². The molecule has 0 aromatic heterocycles. The van der Waals surface area contributed by atoms with Crippen LogP contribution in [0.2, 0.25) is 0 Å². The second-order valence-corrected chi connectivity index (χ2v) is 6.12. The average Bonchev–Trinajstić information content (AvgIpc) is 3.24. The number of rotatable bonds is 2. The number of aryl methyl sites for hydroxylation is 1. The Morgan fingerprint density at radius 2 is 1.90 bits per heavy atom. The van der Waals surface area contributed by atoms with Gasteiger partial charge in [0.05, 0.1) is 6.10 Å². The van der Waals surface area contributed by atoms with Crippen molar-refractivity contribution in [3.8, 4) is 0 Å². The van der Waals surface area contributed by atoms with Crippen LogP contribution in [0.3, 0.4) is 0 Å². The molecule has 2 aromatic carbocycles. The molecule has 108 valence electrons. The lowest BCUT2D eigenvalue weighted by molar-refractivity contribution is 0.140. The Morgan fingerprint density at radius 3 is 2.76 bits per heavy atom. The zero-order chi connectivity index (χ0) is 14.6. The Hall–Kier alpha value is -1.74. The van der Waals surface area contributed by atoms with Crippen LogP contribution in [-0.4, -0.2) is 5.11 Å². The minimum Gasteiger partial charge on any atom is -0.388 e. The van der Waals surface area contributed by atoms with E-state index in [1.54, 1.807) is 0 Å². The van der Waals surface area contributed by atoms with Crippen LogP contribution in [0.5, 0.6) is 0 Å². The summed E-state index contributed by atoms with van der Waals surface area (Å²) in [6.07, 6.45) is 1.09. The summed E-state index contributed by atoms with van der Waals surface area (Å²) in [5.41, 5.74) is 2.69. The molecular weight excluding hydrogens is 270 g/mol. The van der Waals surface area contributed by atoms with Gasteiger partial charge in [-0.1, -0.05) is 24.3 Å². The molecule has 1 nitrogen and oxygen atoms in total. The fourth-order valence-corrected chi connectivity index (χ4v) is 4.00. The minimum absolute atomic E-state index is 0.00458. The molecule has 0 bridgehead atoms. The molecule has 0 radical (unpaired) electrons. The zero-order valence-electron chi connectivity index (χ0n) is 11.5. The molecule has 2 aliphatic rings. The van der Waals surface area contributed by atoms with Crippen LogP contribution < -0.4 is 0 Å². The maximum atomic E-state index is 13.9. The summed E-state index contributed by atoms with van der Waals surface area (Å²) in [7, 11) is 0. The van der Waals surface area contributed by atoms with E-state index in [9.17, 15) is 13.9 Å². The number of halogens is 2. The third-order valence-corrected chi connectivity index (χ3v) is 5.03. The Labute approximate surface area is 122 Å². The number of hydrogen-bond acceptors (Lipinski definition) is 1. The van der Waals surface area contributed by atoms with Crippen LogP contribution in [0.15, 0.2) is 42.5 Å². The Kier molecular flexibility index (Phi) is 2.86. The minimum atomic E-state index is -0.929. The summed E-state index contributed by atoms with van der Waals surface area (Å²) in [5.74, 6) is -0.356. The summed E-state index contributed by atoms with van der Waals surface area (Å²) >= 11 is 0. The van der Waals surface area contributed by atoms with Crippen molar-refractivity contribution in [1.29, 1.82) is 0 Å². The maximum Gasteiger partial charge on any atom is 0.129 e. The number of benzene rings is 2. The van der Waals surface area contributed by atoms with Gasteiger partial charge in [-0.3, -0.25) is 0 Å². The molecule has 3 heteroatoms. The molecule has 4 atom stereocenters. The molecule has 0 amide bonds. The molecule has 2 aromatic rings. The Bertz CT molecular complexity index is 697. The standard InChI is InChI=1S/C18H16F2O/c19-11-6-8-15(20)14(9-11)18(21)17-13-7-5-10-3-1-2-4-12(10)16(13)17/h1-4,6,8-9,13,16-18,21H,5,7H2. The van der Waals surface area contributed by atoms with E-state index in [0.29, 0.717) is 5.92 Å². The summed E-state index contributed by atoms with van der Waals surface area (Å²) in [5, 5.41) is 10.5. The van der Waals surface area contributed by atoms with E-state index in [2.05, 4.69) is 12.1 Å². The van der Waals surface area contributed by atoms with E-state index in [1.165, 1.54) is 11.1 Å². The van der Waals surface area contributed by atoms with Crippen LogP contribution >= 0.6 is 0 Å². The predicted molar refractivity (Wildman–Crippen MR) is 75.8 cm³/mol. The Morgan fingerprint density at radius 1 is 1.10 bits per heavy atom. The topological polar surface area (TPSA) is 20.2 Å².